The zero-order valence-electron chi connectivity index (χ0n) is 29.0. The van der Waals surface area contributed by atoms with Crippen LogP contribution in [0.1, 0.15) is 0 Å². The van der Waals surface area contributed by atoms with Gasteiger partial charge in [-0.15, -0.1) is 0 Å². The smallest absolute Gasteiger partial charge is 0.227 e. The Morgan fingerprint density at radius 3 is 1.87 bits per heavy atom. The summed E-state index contributed by atoms with van der Waals surface area (Å²) in [7, 11) is 0. The molecule has 7 nitrogen and oxygen atoms in total. The van der Waals surface area contributed by atoms with Gasteiger partial charge in [-0.25, -0.2) is 19.9 Å². The molecule has 12 aromatic rings. The number of oxazole rings is 1. The maximum atomic E-state index is 6.50. The van der Waals surface area contributed by atoms with E-state index in [0.717, 1.165) is 93.2 Å². The number of aromatic nitrogens is 4. The van der Waals surface area contributed by atoms with E-state index in [-0.39, 0.29) is 0 Å². The van der Waals surface area contributed by atoms with E-state index in [9.17, 15) is 0 Å². The van der Waals surface area contributed by atoms with Gasteiger partial charge in [0.15, 0.2) is 23.1 Å². The van der Waals surface area contributed by atoms with Crippen molar-refractivity contribution in [1.82, 2.24) is 19.9 Å². The molecule has 0 bridgehead atoms. The number of para-hydroxylation sites is 1. The van der Waals surface area contributed by atoms with Gasteiger partial charge in [-0.2, -0.15) is 0 Å². The average molecular weight is 707 g/mol. The lowest BCUT2D eigenvalue weighted by Gasteiger charge is -2.12. The van der Waals surface area contributed by atoms with Gasteiger partial charge in [0.2, 0.25) is 5.89 Å². The first-order valence-corrected chi connectivity index (χ1v) is 18.1. The summed E-state index contributed by atoms with van der Waals surface area (Å²) in [6.45, 7) is 0. The molecular weight excluding hydrogens is 681 g/mol. The first kappa shape index (κ1) is 29.9. The molecule has 0 saturated heterocycles. The van der Waals surface area contributed by atoms with Gasteiger partial charge in [0.1, 0.15) is 27.8 Å². The van der Waals surface area contributed by atoms with Crippen molar-refractivity contribution in [3.63, 3.8) is 0 Å². The van der Waals surface area contributed by atoms with Crippen LogP contribution >= 0.6 is 0 Å². The molecule has 0 saturated carbocycles. The van der Waals surface area contributed by atoms with Crippen LogP contribution in [0.15, 0.2) is 171 Å². The predicted molar refractivity (Wildman–Crippen MR) is 219 cm³/mol. The molecule has 0 N–H and O–H groups in total. The van der Waals surface area contributed by atoms with E-state index in [1.165, 1.54) is 0 Å². The minimum Gasteiger partial charge on any atom is -0.456 e. The molecular formula is C48H26N4O3. The van der Waals surface area contributed by atoms with Crippen LogP contribution in [0.4, 0.5) is 0 Å². The Labute approximate surface area is 312 Å². The van der Waals surface area contributed by atoms with Crippen molar-refractivity contribution in [3.05, 3.63) is 158 Å². The third-order valence-electron chi connectivity index (χ3n) is 10.6. The van der Waals surface area contributed by atoms with Gasteiger partial charge >= 0.3 is 0 Å². The van der Waals surface area contributed by atoms with Gasteiger partial charge in [0.05, 0.1) is 5.39 Å². The van der Waals surface area contributed by atoms with Gasteiger partial charge in [0.25, 0.3) is 0 Å². The fourth-order valence-electron chi connectivity index (χ4n) is 8.03. The molecule has 0 unspecified atom stereocenters. The van der Waals surface area contributed by atoms with Crippen molar-refractivity contribution in [2.45, 2.75) is 0 Å². The second kappa shape index (κ2) is 11.4. The molecule has 8 aromatic carbocycles. The summed E-state index contributed by atoms with van der Waals surface area (Å²) >= 11 is 0. The van der Waals surface area contributed by atoms with Crippen LogP contribution < -0.4 is 0 Å². The van der Waals surface area contributed by atoms with Crippen LogP contribution in [0.25, 0.3) is 122 Å². The van der Waals surface area contributed by atoms with E-state index in [1.54, 1.807) is 0 Å². The fourth-order valence-corrected chi connectivity index (χ4v) is 8.03. The molecule has 7 heteroatoms. The predicted octanol–water partition coefficient (Wildman–Crippen LogP) is 12.8. The molecule has 4 aromatic heterocycles. The summed E-state index contributed by atoms with van der Waals surface area (Å²) in [6.07, 6.45) is 0. The topological polar surface area (TPSA) is 91.0 Å². The van der Waals surface area contributed by atoms with Crippen molar-refractivity contribution >= 4 is 76.5 Å². The third-order valence-corrected chi connectivity index (χ3v) is 10.6. The third kappa shape index (κ3) is 4.57. The quantitative estimate of drug-likeness (QED) is 0.180. The number of fused-ring (bicyclic) bond motifs is 11. The number of hydrogen-bond acceptors (Lipinski definition) is 7. The number of hydrogen-bond donors (Lipinski definition) is 0. The highest BCUT2D eigenvalue weighted by Gasteiger charge is 2.21. The van der Waals surface area contributed by atoms with E-state index in [0.29, 0.717) is 28.9 Å². The lowest BCUT2D eigenvalue weighted by atomic mass is 9.99. The van der Waals surface area contributed by atoms with Crippen molar-refractivity contribution in [2.75, 3.05) is 0 Å². The highest BCUT2D eigenvalue weighted by molar-refractivity contribution is 6.26. The molecule has 0 amide bonds. The fraction of sp³-hybridized carbons (Fsp3) is 0. The highest BCUT2D eigenvalue weighted by atomic mass is 16.4. The monoisotopic (exact) mass is 706 g/mol. The molecule has 0 radical (unpaired) electrons. The lowest BCUT2D eigenvalue weighted by Crippen LogP contribution is -2.01. The summed E-state index contributed by atoms with van der Waals surface area (Å²) in [4.78, 5) is 20.5. The van der Waals surface area contributed by atoms with Gasteiger partial charge < -0.3 is 13.3 Å². The van der Waals surface area contributed by atoms with Crippen LogP contribution in [0, 0.1) is 0 Å². The number of rotatable bonds is 4. The van der Waals surface area contributed by atoms with E-state index < -0.39 is 0 Å². The van der Waals surface area contributed by atoms with Crippen molar-refractivity contribution in [1.29, 1.82) is 0 Å². The highest BCUT2D eigenvalue weighted by Crippen LogP contribution is 2.42. The second-order valence-electron chi connectivity index (χ2n) is 13.8. The summed E-state index contributed by atoms with van der Waals surface area (Å²) in [5, 5.41) is 8.06. The summed E-state index contributed by atoms with van der Waals surface area (Å²) in [6, 6.07) is 53.0. The maximum absolute atomic E-state index is 6.50. The Bertz CT molecular complexity index is 3500. The Kier molecular flexibility index (Phi) is 6.21. The normalized spacial score (nSPS) is 12.0. The first-order chi connectivity index (χ1) is 27.2. The van der Waals surface area contributed by atoms with Crippen molar-refractivity contribution < 1.29 is 13.3 Å². The second-order valence-corrected chi connectivity index (χ2v) is 13.8. The molecule has 12 rings (SSSR count). The van der Waals surface area contributed by atoms with Crippen LogP contribution in [0.5, 0.6) is 0 Å². The molecule has 0 aliphatic heterocycles. The standard InChI is InChI=1S/C48H26N4O3/c1-2-11-28(12-3-1)48-49-37-22-25-41-43(44(37)55-48)42-33-16-9-18-35(31(33)21-24-40(42)54-41)47-51-45(29-20-23-39-36(26-29)32-15-6-7-19-38(32)53-39)50-46(52-47)34-17-8-13-27-10-4-5-14-30(27)34/h1-26H. The lowest BCUT2D eigenvalue weighted by molar-refractivity contribution is 0.622. The Balaban J connectivity index is 1.11. The minimum atomic E-state index is 0.568. The van der Waals surface area contributed by atoms with E-state index >= 15 is 0 Å². The van der Waals surface area contributed by atoms with Gasteiger partial charge in [-0.1, -0.05) is 97.1 Å². The zero-order chi connectivity index (χ0) is 36.0. The Morgan fingerprint density at radius 1 is 0.345 bits per heavy atom. The molecule has 0 fully saturated rings. The molecule has 0 aliphatic carbocycles. The van der Waals surface area contributed by atoms with Crippen LogP contribution in [0.2, 0.25) is 0 Å². The molecule has 4 heterocycles. The van der Waals surface area contributed by atoms with E-state index in [1.807, 2.05) is 91.0 Å². The maximum Gasteiger partial charge on any atom is 0.227 e. The van der Waals surface area contributed by atoms with E-state index in [2.05, 4.69) is 66.7 Å². The molecule has 0 aliphatic rings. The average Bonchev–Trinajstić information content (AvgIpc) is 3.96. The SMILES string of the molecule is c1ccc(-c2nc3ccc4oc5ccc6c(-c7nc(-c8ccc9oc%10ccccc%10c9c8)nc(-c8cccc9ccccc89)n7)cccc6c5c4c3o2)cc1. The Hall–Kier alpha value is -7.64. The minimum absolute atomic E-state index is 0.568. The zero-order valence-corrected chi connectivity index (χ0v) is 29.0. The molecule has 55 heavy (non-hydrogen) atoms. The first-order valence-electron chi connectivity index (χ1n) is 18.1. The van der Waals surface area contributed by atoms with Crippen molar-refractivity contribution in [3.8, 4) is 45.6 Å². The van der Waals surface area contributed by atoms with E-state index in [4.69, 9.17) is 33.2 Å². The van der Waals surface area contributed by atoms with Crippen LogP contribution in [0.3, 0.4) is 0 Å². The molecule has 256 valence electrons. The summed E-state index contributed by atoms with van der Waals surface area (Å²) in [5.74, 6) is 2.30. The number of benzene rings is 8. The molecule has 0 spiro atoms. The van der Waals surface area contributed by atoms with Crippen LogP contribution in [-0.4, -0.2) is 19.9 Å². The van der Waals surface area contributed by atoms with Crippen molar-refractivity contribution in [2.24, 2.45) is 0 Å². The van der Waals surface area contributed by atoms with Gasteiger partial charge in [0, 0.05) is 38.4 Å². The number of furan rings is 2. The van der Waals surface area contributed by atoms with Crippen LogP contribution in [-0.2, 0) is 0 Å². The van der Waals surface area contributed by atoms with Gasteiger partial charge in [-0.05, 0) is 82.2 Å². The largest absolute Gasteiger partial charge is 0.456 e. The Morgan fingerprint density at radius 2 is 0.982 bits per heavy atom. The number of nitrogens with zero attached hydrogens (tertiary/aromatic N) is 4. The summed E-state index contributed by atoms with van der Waals surface area (Å²) < 4.78 is 19.1. The van der Waals surface area contributed by atoms with Gasteiger partial charge in [-0.3, -0.25) is 0 Å². The summed E-state index contributed by atoms with van der Waals surface area (Å²) in [5.41, 5.74) is 8.21. The molecule has 0 atom stereocenters.